The van der Waals surface area contributed by atoms with Gasteiger partial charge in [0.05, 0.1) is 11.1 Å². The lowest BCUT2D eigenvalue weighted by Crippen LogP contribution is -2.31. The predicted molar refractivity (Wildman–Crippen MR) is 119 cm³/mol. The van der Waals surface area contributed by atoms with Gasteiger partial charge in [0.25, 0.3) is 0 Å². The zero-order chi connectivity index (χ0) is 22.9. The lowest BCUT2D eigenvalue weighted by Gasteiger charge is -2.26. The molecule has 0 saturated carbocycles. The highest BCUT2D eigenvalue weighted by molar-refractivity contribution is 6.01. The molecule has 2 aromatic carbocycles. The fourth-order valence-corrected chi connectivity index (χ4v) is 3.90. The van der Waals surface area contributed by atoms with Gasteiger partial charge in [-0.25, -0.2) is 9.37 Å². The average molecular weight is 439 g/mol. The molecule has 1 fully saturated rings. The Bertz CT molecular complexity index is 1140. The number of phenols is 1. The fraction of sp³-hybridized carbons (Fsp3) is 0.360. The smallest absolute Gasteiger partial charge is 0.312 e. The van der Waals surface area contributed by atoms with Gasteiger partial charge < -0.3 is 19.7 Å². The van der Waals surface area contributed by atoms with Crippen LogP contribution >= 0.6 is 0 Å². The van der Waals surface area contributed by atoms with E-state index < -0.39 is 11.4 Å². The number of ether oxygens (including phenoxy) is 2. The van der Waals surface area contributed by atoms with Crippen molar-refractivity contribution in [2.45, 2.75) is 32.6 Å². The summed E-state index contributed by atoms with van der Waals surface area (Å²) in [5, 5.41) is 21.0. The van der Waals surface area contributed by atoms with Gasteiger partial charge in [-0.15, -0.1) is 0 Å². The Hall–Kier alpha value is -3.19. The van der Waals surface area contributed by atoms with Crippen molar-refractivity contribution in [3.8, 4) is 22.8 Å². The van der Waals surface area contributed by atoms with Crippen molar-refractivity contribution in [3.05, 3.63) is 54.0 Å². The molecule has 168 valence electrons. The minimum absolute atomic E-state index is 0.0468. The van der Waals surface area contributed by atoms with Crippen molar-refractivity contribution in [2.24, 2.45) is 5.41 Å². The van der Waals surface area contributed by atoms with Crippen LogP contribution in [-0.2, 0) is 9.53 Å². The van der Waals surface area contributed by atoms with Crippen LogP contribution < -0.4 is 4.74 Å². The molecule has 3 aromatic rings. The van der Waals surface area contributed by atoms with Gasteiger partial charge in [-0.3, -0.25) is 4.79 Å². The van der Waals surface area contributed by atoms with Gasteiger partial charge in [-0.1, -0.05) is 12.1 Å². The Balaban J connectivity index is 1.92. The second kappa shape index (κ2) is 8.74. The molecule has 1 saturated heterocycles. The molecule has 0 atom stereocenters. The number of pyridine rings is 1. The first-order valence-electron chi connectivity index (χ1n) is 10.6. The van der Waals surface area contributed by atoms with E-state index in [-0.39, 0.29) is 30.0 Å². The van der Waals surface area contributed by atoms with Gasteiger partial charge in [0, 0.05) is 30.1 Å². The van der Waals surface area contributed by atoms with Gasteiger partial charge in [0.2, 0.25) is 5.88 Å². The highest BCUT2D eigenvalue weighted by Crippen LogP contribution is 2.42. The number of hydrogen-bond acceptors (Lipinski definition) is 5. The summed E-state index contributed by atoms with van der Waals surface area (Å²) in [7, 11) is 0. The number of benzene rings is 2. The van der Waals surface area contributed by atoms with Crippen LogP contribution in [0.4, 0.5) is 4.39 Å². The van der Waals surface area contributed by atoms with Crippen LogP contribution in [0.5, 0.6) is 11.6 Å². The molecule has 0 radical (unpaired) electrons. The number of carboxylic acid groups (broad SMARTS) is 1. The van der Waals surface area contributed by atoms with Gasteiger partial charge >= 0.3 is 5.97 Å². The number of hydrogen-bond donors (Lipinski definition) is 2. The molecule has 2 N–H and O–H groups in total. The number of halogens is 1. The van der Waals surface area contributed by atoms with E-state index in [9.17, 15) is 19.4 Å². The van der Waals surface area contributed by atoms with Crippen molar-refractivity contribution < 1.29 is 28.9 Å². The zero-order valence-electron chi connectivity index (χ0n) is 18.1. The average Bonchev–Trinajstić information content (AvgIpc) is 2.78. The number of carboxylic acids is 1. The molecule has 0 aliphatic carbocycles. The third-order valence-corrected chi connectivity index (χ3v) is 5.87. The number of phenolic OH excluding ortho intramolecular Hbond substituents is 1. The number of aliphatic carboxylic acids is 1. The molecule has 0 bridgehead atoms. The second-order valence-electron chi connectivity index (χ2n) is 8.78. The number of carbonyl (C=O) groups is 1. The summed E-state index contributed by atoms with van der Waals surface area (Å²) in [5.74, 6) is -0.871. The molecule has 0 amide bonds. The van der Waals surface area contributed by atoms with Crippen LogP contribution in [0.2, 0.25) is 0 Å². The molecule has 32 heavy (non-hydrogen) atoms. The van der Waals surface area contributed by atoms with E-state index in [1.165, 1.54) is 12.1 Å². The molecule has 0 unspecified atom stereocenters. The third-order valence-electron chi connectivity index (χ3n) is 5.87. The van der Waals surface area contributed by atoms with Crippen LogP contribution in [0, 0.1) is 11.2 Å². The van der Waals surface area contributed by atoms with Crippen molar-refractivity contribution in [1.29, 1.82) is 0 Å². The van der Waals surface area contributed by atoms with Crippen molar-refractivity contribution in [2.75, 3.05) is 19.8 Å². The Morgan fingerprint density at radius 3 is 2.50 bits per heavy atom. The van der Waals surface area contributed by atoms with Crippen LogP contribution in [0.15, 0.2) is 42.5 Å². The van der Waals surface area contributed by atoms with Crippen LogP contribution in [0.3, 0.4) is 0 Å². The summed E-state index contributed by atoms with van der Waals surface area (Å²) >= 11 is 0. The van der Waals surface area contributed by atoms with Crippen molar-refractivity contribution in [1.82, 2.24) is 4.98 Å². The van der Waals surface area contributed by atoms with E-state index in [1.54, 1.807) is 44.2 Å². The SMILES string of the molecule is CC(C)(COc1nc(C2CCOCC2)c(-c2ccc(F)cc2)c2ccc(O)cc12)C(=O)O. The van der Waals surface area contributed by atoms with Crippen LogP contribution in [0.1, 0.15) is 38.3 Å². The molecule has 2 heterocycles. The highest BCUT2D eigenvalue weighted by atomic mass is 19.1. The maximum Gasteiger partial charge on any atom is 0.312 e. The summed E-state index contributed by atoms with van der Waals surface area (Å²) < 4.78 is 25.1. The summed E-state index contributed by atoms with van der Waals surface area (Å²) in [6, 6.07) is 11.2. The summed E-state index contributed by atoms with van der Waals surface area (Å²) in [6.45, 7) is 4.32. The minimum Gasteiger partial charge on any atom is -0.508 e. The number of fused-ring (bicyclic) bond motifs is 1. The topological polar surface area (TPSA) is 88.9 Å². The monoisotopic (exact) mass is 439 g/mol. The zero-order valence-corrected chi connectivity index (χ0v) is 18.1. The normalized spacial score (nSPS) is 15.1. The van der Waals surface area contributed by atoms with E-state index in [4.69, 9.17) is 14.5 Å². The largest absolute Gasteiger partial charge is 0.508 e. The molecule has 6 nitrogen and oxygen atoms in total. The molecule has 1 aliphatic heterocycles. The number of rotatable bonds is 6. The molecule has 4 rings (SSSR count). The van der Waals surface area contributed by atoms with E-state index >= 15 is 0 Å². The fourth-order valence-electron chi connectivity index (χ4n) is 3.90. The number of aromatic hydroxyl groups is 1. The summed E-state index contributed by atoms with van der Waals surface area (Å²) in [5.41, 5.74) is 1.37. The van der Waals surface area contributed by atoms with Gasteiger partial charge in [0.15, 0.2) is 0 Å². The Kier molecular flexibility index (Phi) is 6.02. The molecular weight excluding hydrogens is 413 g/mol. The van der Waals surface area contributed by atoms with Gasteiger partial charge in [-0.05, 0) is 68.0 Å². The van der Waals surface area contributed by atoms with E-state index in [2.05, 4.69) is 0 Å². The predicted octanol–water partition coefficient (Wildman–Crippen LogP) is 5.13. The first kappa shape index (κ1) is 22.0. The van der Waals surface area contributed by atoms with Crippen LogP contribution in [-0.4, -0.2) is 41.0 Å². The Morgan fingerprint density at radius 2 is 1.84 bits per heavy atom. The first-order valence-corrected chi connectivity index (χ1v) is 10.6. The molecule has 0 spiro atoms. The van der Waals surface area contributed by atoms with Crippen LogP contribution in [0.25, 0.3) is 21.9 Å². The van der Waals surface area contributed by atoms with Crippen molar-refractivity contribution in [3.63, 3.8) is 0 Å². The molecule has 7 heteroatoms. The summed E-state index contributed by atoms with van der Waals surface area (Å²) in [6.07, 6.45) is 1.57. The minimum atomic E-state index is -1.11. The van der Waals surface area contributed by atoms with E-state index in [1.807, 2.05) is 0 Å². The van der Waals surface area contributed by atoms with Crippen molar-refractivity contribution >= 4 is 16.7 Å². The Morgan fingerprint density at radius 1 is 1.16 bits per heavy atom. The molecular formula is C25H26FNO5. The maximum atomic E-state index is 13.6. The third kappa shape index (κ3) is 4.39. The van der Waals surface area contributed by atoms with Gasteiger partial charge in [-0.2, -0.15) is 0 Å². The van der Waals surface area contributed by atoms with Gasteiger partial charge in [0.1, 0.15) is 18.2 Å². The summed E-state index contributed by atoms with van der Waals surface area (Å²) in [4.78, 5) is 16.4. The standard InChI is InChI=1S/C25H26FNO5/c1-25(2,24(29)30)14-32-23-20-13-18(28)7-8-19(20)21(15-3-5-17(26)6-4-15)22(27-23)16-9-11-31-12-10-16/h3-8,13,16,28H,9-12,14H2,1-2H3,(H,29,30). The first-order chi connectivity index (χ1) is 15.3. The maximum absolute atomic E-state index is 13.6. The number of nitrogens with zero attached hydrogens (tertiary/aromatic N) is 1. The lowest BCUT2D eigenvalue weighted by atomic mass is 9.87. The second-order valence-corrected chi connectivity index (χ2v) is 8.78. The van der Waals surface area contributed by atoms with E-state index in [0.29, 0.717) is 18.6 Å². The van der Waals surface area contributed by atoms with E-state index in [0.717, 1.165) is 35.0 Å². The molecule has 1 aliphatic rings. The number of aromatic nitrogens is 1. The quantitative estimate of drug-likeness (QED) is 0.554. The highest BCUT2D eigenvalue weighted by Gasteiger charge is 2.30. The lowest BCUT2D eigenvalue weighted by molar-refractivity contribution is -0.148. The Labute approximate surface area is 185 Å². The molecule has 1 aromatic heterocycles.